The van der Waals surface area contributed by atoms with Gasteiger partial charge >= 0.3 is 0 Å². The number of benzene rings is 2. The highest BCUT2D eigenvalue weighted by Crippen LogP contribution is 2.38. The average Bonchev–Trinajstić information content (AvgIpc) is 2.47. The van der Waals surface area contributed by atoms with Crippen LogP contribution in [0.25, 0.3) is 0 Å². The number of fused-ring (bicyclic) bond motifs is 2. The van der Waals surface area contributed by atoms with Crippen LogP contribution in [-0.2, 0) is 0 Å². The van der Waals surface area contributed by atoms with Crippen LogP contribution in [0.2, 0.25) is 0 Å². The molecule has 0 spiro atoms. The van der Waals surface area contributed by atoms with Gasteiger partial charge in [0.15, 0.2) is 11.5 Å². The van der Waals surface area contributed by atoms with E-state index in [-0.39, 0.29) is 5.91 Å². The zero-order chi connectivity index (χ0) is 11.8. The van der Waals surface area contributed by atoms with Gasteiger partial charge in [0.2, 0.25) is 0 Å². The molecule has 17 heavy (non-hydrogen) atoms. The van der Waals surface area contributed by atoms with Crippen LogP contribution in [-0.4, -0.2) is 5.91 Å². The third kappa shape index (κ3) is 1.50. The van der Waals surface area contributed by atoms with E-state index in [0.717, 1.165) is 0 Å². The molecule has 0 radical (unpaired) electrons. The lowest BCUT2D eigenvalue weighted by molar-refractivity contribution is 0.102. The van der Waals surface area contributed by atoms with Gasteiger partial charge in [0.1, 0.15) is 0 Å². The number of nitrogen functional groups attached to an aromatic ring is 1. The van der Waals surface area contributed by atoms with Crippen molar-refractivity contribution in [1.82, 2.24) is 0 Å². The van der Waals surface area contributed by atoms with Crippen LogP contribution in [0.1, 0.15) is 10.4 Å². The molecule has 4 heteroatoms. The van der Waals surface area contributed by atoms with E-state index < -0.39 is 0 Å². The second-order valence-electron chi connectivity index (χ2n) is 3.78. The number of carbonyl (C=O) groups is 1. The number of rotatable bonds is 0. The number of hydrogen-bond donors (Lipinski definition) is 2. The minimum atomic E-state index is -0.211. The molecule has 1 aliphatic rings. The lowest BCUT2D eigenvalue weighted by Gasteiger charge is -2.08. The minimum Gasteiger partial charge on any atom is -0.452 e. The summed E-state index contributed by atoms with van der Waals surface area (Å²) in [4.78, 5) is 12.0. The highest BCUT2D eigenvalue weighted by Gasteiger charge is 2.21. The van der Waals surface area contributed by atoms with E-state index in [1.165, 1.54) is 0 Å². The number of carbonyl (C=O) groups excluding carboxylic acids is 1. The van der Waals surface area contributed by atoms with Gasteiger partial charge in [0.25, 0.3) is 5.91 Å². The Morgan fingerprint density at radius 3 is 2.76 bits per heavy atom. The first-order valence-electron chi connectivity index (χ1n) is 5.22. The van der Waals surface area contributed by atoms with Gasteiger partial charge in [0, 0.05) is 0 Å². The predicted octanol–water partition coefficient (Wildman–Crippen LogP) is 2.63. The van der Waals surface area contributed by atoms with Crippen molar-refractivity contribution in [3.63, 3.8) is 0 Å². The SMILES string of the molecule is Nc1cccc2c1Oc1ccccc1NC2=O. The maximum Gasteiger partial charge on any atom is 0.259 e. The Hall–Kier alpha value is -2.49. The van der Waals surface area contributed by atoms with Crippen molar-refractivity contribution >= 4 is 17.3 Å². The summed E-state index contributed by atoms with van der Waals surface area (Å²) in [6.45, 7) is 0. The van der Waals surface area contributed by atoms with Gasteiger partial charge in [0.05, 0.1) is 16.9 Å². The number of amides is 1. The second kappa shape index (κ2) is 3.52. The number of para-hydroxylation sites is 3. The quantitative estimate of drug-likeness (QED) is 0.679. The molecule has 2 aromatic carbocycles. The van der Waals surface area contributed by atoms with Crippen molar-refractivity contribution in [2.24, 2.45) is 0 Å². The van der Waals surface area contributed by atoms with E-state index in [4.69, 9.17) is 10.5 Å². The maximum atomic E-state index is 12.0. The highest BCUT2D eigenvalue weighted by atomic mass is 16.5. The molecule has 0 saturated heterocycles. The predicted molar refractivity (Wildman–Crippen MR) is 65.3 cm³/mol. The van der Waals surface area contributed by atoms with Gasteiger partial charge < -0.3 is 15.8 Å². The zero-order valence-electron chi connectivity index (χ0n) is 8.94. The average molecular weight is 226 g/mol. The van der Waals surface area contributed by atoms with Crippen molar-refractivity contribution in [3.05, 3.63) is 48.0 Å². The Balaban J connectivity index is 2.22. The molecule has 1 amide bonds. The van der Waals surface area contributed by atoms with E-state index in [1.54, 1.807) is 30.3 Å². The monoisotopic (exact) mass is 226 g/mol. The summed E-state index contributed by atoms with van der Waals surface area (Å²) in [6, 6.07) is 12.4. The Morgan fingerprint density at radius 2 is 1.88 bits per heavy atom. The van der Waals surface area contributed by atoms with E-state index in [0.29, 0.717) is 28.4 Å². The van der Waals surface area contributed by atoms with Crippen LogP contribution >= 0.6 is 0 Å². The summed E-state index contributed by atoms with van der Waals surface area (Å²) < 4.78 is 5.70. The van der Waals surface area contributed by atoms with Crippen LogP contribution < -0.4 is 15.8 Å². The maximum absolute atomic E-state index is 12.0. The molecule has 0 fully saturated rings. The molecule has 1 heterocycles. The number of nitrogens with two attached hydrogens (primary N) is 1. The normalized spacial score (nSPS) is 12.8. The Labute approximate surface area is 98.0 Å². The first-order valence-corrected chi connectivity index (χ1v) is 5.22. The highest BCUT2D eigenvalue weighted by molar-refractivity contribution is 6.09. The van der Waals surface area contributed by atoms with Crippen molar-refractivity contribution < 1.29 is 9.53 Å². The van der Waals surface area contributed by atoms with E-state index in [1.807, 2.05) is 12.1 Å². The summed E-state index contributed by atoms with van der Waals surface area (Å²) in [6.07, 6.45) is 0. The molecule has 0 bridgehead atoms. The first-order chi connectivity index (χ1) is 8.25. The van der Waals surface area contributed by atoms with Crippen molar-refractivity contribution in [2.75, 3.05) is 11.1 Å². The smallest absolute Gasteiger partial charge is 0.259 e. The Bertz CT molecular complexity index is 608. The van der Waals surface area contributed by atoms with E-state index in [9.17, 15) is 4.79 Å². The number of anilines is 2. The summed E-state index contributed by atoms with van der Waals surface area (Å²) in [5.74, 6) is 0.796. The summed E-state index contributed by atoms with van der Waals surface area (Å²) >= 11 is 0. The first kappa shape index (κ1) is 9.72. The third-order valence-electron chi connectivity index (χ3n) is 2.64. The molecule has 0 aromatic heterocycles. The Kier molecular flexibility index (Phi) is 2.01. The molecular weight excluding hydrogens is 216 g/mol. The molecule has 3 N–H and O–H groups in total. The molecule has 4 nitrogen and oxygen atoms in total. The molecule has 0 saturated carbocycles. The van der Waals surface area contributed by atoms with Crippen LogP contribution in [0.3, 0.4) is 0 Å². The largest absolute Gasteiger partial charge is 0.452 e. The summed E-state index contributed by atoms with van der Waals surface area (Å²) in [5.41, 5.74) is 7.37. The van der Waals surface area contributed by atoms with Crippen molar-refractivity contribution in [1.29, 1.82) is 0 Å². The van der Waals surface area contributed by atoms with Gasteiger partial charge in [-0.15, -0.1) is 0 Å². The molecule has 2 aromatic rings. The molecule has 0 aliphatic carbocycles. The zero-order valence-corrected chi connectivity index (χ0v) is 8.94. The fourth-order valence-electron chi connectivity index (χ4n) is 1.81. The molecular formula is C13H10N2O2. The minimum absolute atomic E-state index is 0.211. The van der Waals surface area contributed by atoms with Crippen molar-refractivity contribution in [2.45, 2.75) is 0 Å². The van der Waals surface area contributed by atoms with Gasteiger partial charge in [-0.05, 0) is 24.3 Å². The van der Waals surface area contributed by atoms with Crippen LogP contribution in [0, 0.1) is 0 Å². The van der Waals surface area contributed by atoms with E-state index >= 15 is 0 Å². The fraction of sp³-hybridized carbons (Fsp3) is 0. The van der Waals surface area contributed by atoms with Crippen LogP contribution in [0.4, 0.5) is 11.4 Å². The second-order valence-corrected chi connectivity index (χ2v) is 3.78. The lowest BCUT2D eigenvalue weighted by Crippen LogP contribution is -2.10. The third-order valence-corrected chi connectivity index (χ3v) is 2.64. The van der Waals surface area contributed by atoms with Gasteiger partial charge in [-0.3, -0.25) is 4.79 Å². The summed E-state index contributed by atoms with van der Waals surface area (Å²) in [7, 11) is 0. The van der Waals surface area contributed by atoms with E-state index in [2.05, 4.69) is 5.32 Å². The van der Waals surface area contributed by atoms with Crippen LogP contribution in [0.15, 0.2) is 42.5 Å². The Morgan fingerprint density at radius 1 is 1.06 bits per heavy atom. The number of hydrogen-bond acceptors (Lipinski definition) is 3. The molecule has 0 atom stereocenters. The van der Waals surface area contributed by atoms with Gasteiger partial charge in [-0.25, -0.2) is 0 Å². The molecule has 3 rings (SSSR count). The van der Waals surface area contributed by atoms with Gasteiger partial charge in [-0.2, -0.15) is 0 Å². The fourth-order valence-corrected chi connectivity index (χ4v) is 1.81. The standard InChI is InChI=1S/C13H10N2O2/c14-9-5-3-4-8-12(9)17-11-7-2-1-6-10(11)15-13(8)16/h1-7H,14H2,(H,15,16). The number of ether oxygens (including phenoxy) is 1. The van der Waals surface area contributed by atoms with Crippen molar-refractivity contribution in [3.8, 4) is 11.5 Å². The van der Waals surface area contributed by atoms with Crippen LogP contribution in [0.5, 0.6) is 11.5 Å². The van der Waals surface area contributed by atoms with Gasteiger partial charge in [-0.1, -0.05) is 18.2 Å². The number of nitrogens with one attached hydrogen (secondary N) is 1. The molecule has 0 unspecified atom stereocenters. The molecule has 1 aliphatic heterocycles. The lowest BCUT2D eigenvalue weighted by atomic mass is 10.1. The molecule has 84 valence electrons. The summed E-state index contributed by atoms with van der Waals surface area (Å²) in [5, 5.41) is 2.79. The topological polar surface area (TPSA) is 64.3 Å².